The fourth-order valence-electron chi connectivity index (χ4n) is 4.48. The third-order valence-corrected chi connectivity index (χ3v) is 8.74. The molecule has 1 aromatic heterocycles. The van der Waals surface area contributed by atoms with Gasteiger partial charge in [-0.2, -0.15) is 10.1 Å². The number of amides is 1. The number of para-hydroxylation sites is 2. The molecule has 0 unspecified atom stereocenters. The second kappa shape index (κ2) is 8.65. The average Bonchev–Trinajstić information content (AvgIpc) is 3.50. The number of thiazole rings is 1. The van der Waals surface area contributed by atoms with Crippen molar-refractivity contribution < 1.29 is 4.79 Å². The Bertz CT molecular complexity index is 1750. The third-order valence-electron chi connectivity index (χ3n) is 6.22. The van der Waals surface area contributed by atoms with Gasteiger partial charge in [-0.3, -0.25) is 14.2 Å². The van der Waals surface area contributed by atoms with Crippen molar-refractivity contribution in [2.45, 2.75) is 18.7 Å². The molecule has 0 saturated heterocycles. The number of hydrogen-bond donors (Lipinski definition) is 0. The summed E-state index contributed by atoms with van der Waals surface area (Å²) in [5.41, 5.74) is 4.39. The molecule has 0 saturated carbocycles. The van der Waals surface area contributed by atoms with Crippen LogP contribution in [0.2, 0.25) is 0 Å². The van der Waals surface area contributed by atoms with Crippen LogP contribution < -0.4 is 24.7 Å². The fourth-order valence-corrected chi connectivity index (χ4v) is 7.02. The van der Waals surface area contributed by atoms with Gasteiger partial charge in [0.1, 0.15) is 14.2 Å². The van der Waals surface area contributed by atoms with E-state index in [1.54, 1.807) is 16.3 Å². The van der Waals surface area contributed by atoms with Crippen molar-refractivity contribution >= 4 is 56.7 Å². The number of fused-ring (bicyclic) bond motifs is 1. The lowest BCUT2D eigenvalue weighted by Crippen LogP contribution is -2.34. The Labute approximate surface area is 216 Å². The first-order valence-electron chi connectivity index (χ1n) is 11.5. The van der Waals surface area contributed by atoms with Crippen LogP contribution in [0.25, 0.3) is 16.3 Å². The third kappa shape index (κ3) is 3.53. The summed E-state index contributed by atoms with van der Waals surface area (Å²) in [6.07, 6.45) is 0. The zero-order valence-electron chi connectivity index (χ0n) is 19.9. The van der Waals surface area contributed by atoms with Crippen LogP contribution in [0.15, 0.2) is 93.7 Å². The number of carbonyl (C=O) groups is 1. The number of aromatic nitrogens is 1. The molecule has 0 fully saturated rings. The number of benzene rings is 3. The molecule has 8 heteroatoms. The Morgan fingerprint density at radius 1 is 0.833 bits per heavy atom. The number of hydrogen-bond acceptors (Lipinski definition) is 6. The number of thioether (sulfide) groups is 1. The molecule has 2 aliphatic rings. The molecule has 0 bridgehead atoms. The first-order chi connectivity index (χ1) is 17.4. The van der Waals surface area contributed by atoms with Gasteiger partial charge in [-0.05, 0) is 55.8 Å². The number of carbonyl (C=O) groups excluding carboxylic acids is 1. The molecular formula is C28H22N4O2S2. The molecule has 0 aliphatic carbocycles. The monoisotopic (exact) mass is 510 g/mol. The highest BCUT2D eigenvalue weighted by molar-refractivity contribution is 8.08. The summed E-state index contributed by atoms with van der Waals surface area (Å²) in [6, 6.07) is 25.2. The Balaban J connectivity index is 1.66. The highest BCUT2D eigenvalue weighted by Crippen LogP contribution is 2.45. The Morgan fingerprint density at radius 3 is 2.31 bits per heavy atom. The zero-order chi connectivity index (χ0) is 25.0. The molecule has 3 heterocycles. The van der Waals surface area contributed by atoms with Crippen molar-refractivity contribution in [3.63, 3.8) is 0 Å². The predicted octanol–water partition coefficient (Wildman–Crippen LogP) is 4.09. The second-order valence-corrected chi connectivity index (χ2v) is 10.7. The highest BCUT2D eigenvalue weighted by atomic mass is 32.2. The summed E-state index contributed by atoms with van der Waals surface area (Å²) in [4.78, 5) is 30.9. The summed E-state index contributed by atoms with van der Waals surface area (Å²) in [5, 5.41) is 6.84. The van der Waals surface area contributed by atoms with Gasteiger partial charge in [0, 0.05) is 11.9 Å². The van der Waals surface area contributed by atoms with Gasteiger partial charge in [0.05, 0.1) is 28.3 Å². The number of rotatable bonds is 2. The lowest BCUT2D eigenvalue weighted by molar-refractivity contribution is -0.112. The first kappa shape index (κ1) is 22.6. The van der Waals surface area contributed by atoms with Crippen LogP contribution >= 0.6 is 23.1 Å². The van der Waals surface area contributed by atoms with E-state index in [1.165, 1.54) is 16.3 Å². The van der Waals surface area contributed by atoms with Gasteiger partial charge in [-0.25, -0.2) is 0 Å². The maximum absolute atomic E-state index is 14.0. The van der Waals surface area contributed by atoms with E-state index in [-0.39, 0.29) is 11.5 Å². The van der Waals surface area contributed by atoms with Gasteiger partial charge >= 0.3 is 0 Å². The Kier molecular flexibility index (Phi) is 5.43. The molecular weight excluding hydrogens is 488 g/mol. The highest BCUT2D eigenvalue weighted by Gasteiger charge is 2.32. The maximum Gasteiger partial charge on any atom is 0.283 e. The van der Waals surface area contributed by atoms with Crippen molar-refractivity contribution in [2.75, 3.05) is 17.0 Å². The van der Waals surface area contributed by atoms with Gasteiger partial charge in [0.2, 0.25) is 0 Å². The van der Waals surface area contributed by atoms with E-state index in [4.69, 9.17) is 0 Å². The fraction of sp³-hybridized carbons (Fsp3) is 0.107. The number of anilines is 2. The average molecular weight is 511 g/mol. The molecule has 4 aromatic rings. The molecule has 178 valence electrons. The molecule has 0 radical (unpaired) electrons. The quantitative estimate of drug-likeness (QED) is 0.408. The van der Waals surface area contributed by atoms with E-state index in [0.717, 1.165) is 26.9 Å². The number of nitrogens with zero attached hydrogens (tertiary/aromatic N) is 4. The van der Waals surface area contributed by atoms with Crippen LogP contribution in [0, 0.1) is 6.92 Å². The molecule has 6 rings (SSSR count). The van der Waals surface area contributed by atoms with Crippen molar-refractivity contribution in [1.29, 1.82) is 0 Å². The second-order valence-electron chi connectivity index (χ2n) is 8.66. The molecule has 3 aromatic carbocycles. The molecule has 0 N–H and O–H groups in total. The van der Waals surface area contributed by atoms with Crippen LogP contribution in [0.1, 0.15) is 12.5 Å². The normalized spacial score (nSPS) is 18.1. The first-order valence-corrected chi connectivity index (χ1v) is 13.1. The smallest absolute Gasteiger partial charge is 0.283 e. The van der Waals surface area contributed by atoms with Crippen molar-refractivity contribution in [3.05, 3.63) is 104 Å². The van der Waals surface area contributed by atoms with Crippen molar-refractivity contribution in [2.24, 2.45) is 5.10 Å². The molecule has 1 amide bonds. The van der Waals surface area contributed by atoms with Crippen LogP contribution in [-0.4, -0.2) is 23.2 Å². The summed E-state index contributed by atoms with van der Waals surface area (Å²) >= 11 is 2.92. The molecule has 0 spiro atoms. The van der Waals surface area contributed by atoms with Crippen LogP contribution in [0.3, 0.4) is 0 Å². The number of hydrazone groups is 1. The minimum Gasteiger partial charge on any atom is -0.337 e. The van der Waals surface area contributed by atoms with Crippen LogP contribution in [0.5, 0.6) is 0 Å². The Hall–Kier alpha value is -3.88. The lowest BCUT2D eigenvalue weighted by atomic mass is 10.2. The van der Waals surface area contributed by atoms with Crippen molar-refractivity contribution in [3.8, 4) is 5.69 Å². The number of aryl methyl sites for hydroxylation is 1. The topological polar surface area (TPSA) is 57.9 Å². The molecule has 6 nitrogen and oxygen atoms in total. The molecule has 0 atom stereocenters. The largest absolute Gasteiger partial charge is 0.337 e. The van der Waals surface area contributed by atoms with E-state index < -0.39 is 0 Å². The summed E-state index contributed by atoms with van der Waals surface area (Å²) in [5.74, 6) is -0.242. The molecule has 2 aliphatic heterocycles. The molecule has 36 heavy (non-hydrogen) atoms. The minimum absolute atomic E-state index is 0.144. The summed E-state index contributed by atoms with van der Waals surface area (Å²) in [6.45, 7) is 3.81. The lowest BCUT2D eigenvalue weighted by Gasteiger charge is -2.11. The van der Waals surface area contributed by atoms with Gasteiger partial charge in [-0.1, -0.05) is 54.2 Å². The van der Waals surface area contributed by atoms with Gasteiger partial charge in [0.25, 0.3) is 11.5 Å². The van der Waals surface area contributed by atoms with Gasteiger partial charge < -0.3 is 4.90 Å². The van der Waals surface area contributed by atoms with Crippen LogP contribution in [-0.2, 0) is 4.79 Å². The summed E-state index contributed by atoms with van der Waals surface area (Å²) < 4.78 is 2.85. The maximum atomic E-state index is 14.0. The van der Waals surface area contributed by atoms with Crippen molar-refractivity contribution in [1.82, 2.24) is 4.57 Å². The van der Waals surface area contributed by atoms with E-state index in [2.05, 4.69) is 16.1 Å². The standard InChI is InChI=1S/C28H22N4O2S2/c1-17-10-9-13-20(16-17)31-26(34)24(28-30(3)21-14-7-8-15-22(21)35-28)36-27(31)23-18(2)29-32(25(23)33)19-11-5-4-6-12-19/h4-16H,1-3H3/b27-23+,28-24-. The van der Waals surface area contributed by atoms with E-state index >= 15 is 0 Å². The van der Waals surface area contributed by atoms with E-state index in [0.29, 0.717) is 26.2 Å². The van der Waals surface area contributed by atoms with Gasteiger partial charge in [-0.15, -0.1) is 11.3 Å². The minimum atomic E-state index is -0.242. The van der Waals surface area contributed by atoms with E-state index in [1.807, 2.05) is 93.7 Å². The van der Waals surface area contributed by atoms with Gasteiger partial charge in [0.15, 0.2) is 0 Å². The van der Waals surface area contributed by atoms with Crippen LogP contribution in [0.4, 0.5) is 11.4 Å². The predicted molar refractivity (Wildman–Crippen MR) is 148 cm³/mol. The Morgan fingerprint density at radius 2 is 1.56 bits per heavy atom. The zero-order valence-corrected chi connectivity index (χ0v) is 21.6. The SMILES string of the molecule is CC1=NN(c2ccccc2)C(=O)/C1=c1/s/c(=C2\Sc3ccccc3N2C)c(=O)n1-c1cccc(C)c1. The van der Waals surface area contributed by atoms with E-state index in [9.17, 15) is 9.59 Å². The summed E-state index contributed by atoms with van der Waals surface area (Å²) in [7, 11) is 1.97.